The molecule has 0 aliphatic carbocycles. The lowest BCUT2D eigenvalue weighted by Crippen LogP contribution is -2.07. The highest BCUT2D eigenvalue weighted by Gasteiger charge is 2.03. The lowest BCUT2D eigenvalue weighted by molar-refractivity contribution is 1.05. The lowest BCUT2D eigenvalue weighted by Gasteiger charge is -2.07. The number of aromatic nitrogens is 3. The normalized spacial score (nSPS) is 11.2. The molecule has 0 atom stereocenters. The molecule has 3 aromatic rings. The van der Waals surface area contributed by atoms with Crippen LogP contribution in [0.2, 0.25) is 15.9 Å². The maximum absolute atomic E-state index is 6.03. The van der Waals surface area contributed by atoms with Crippen LogP contribution >= 0.6 is 34.8 Å². The van der Waals surface area contributed by atoms with Crippen LogP contribution < -0.4 is 11.5 Å². The Morgan fingerprint density at radius 1 is 0.560 bits per heavy atom. The molecule has 0 saturated heterocycles. The number of rotatable bonds is 2. The first-order valence-corrected chi connectivity index (χ1v) is 8.19. The lowest BCUT2D eigenvalue weighted by atomic mass is 10.1. The molecule has 0 aliphatic heterocycles. The molecule has 1 aromatic heterocycles. The third-order valence-corrected chi connectivity index (χ3v) is 3.52. The summed E-state index contributed by atoms with van der Waals surface area (Å²) >= 11 is 16.0. The van der Waals surface area contributed by atoms with Gasteiger partial charge in [0.2, 0.25) is 15.9 Å². The highest BCUT2D eigenvalue weighted by Crippen LogP contribution is 2.17. The second-order valence-electron chi connectivity index (χ2n) is 4.70. The van der Waals surface area contributed by atoms with E-state index in [-0.39, 0.29) is 15.9 Å². The van der Waals surface area contributed by atoms with E-state index < -0.39 is 0 Å². The molecule has 4 N–H and O–H groups in total. The van der Waals surface area contributed by atoms with Crippen molar-refractivity contribution in [3.8, 4) is 0 Å². The van der Waals surface area contributed by atoms with Gasteiger partial charge >= 0.3 is 0 Å². The average molecular weight is 395 g/mol. The predicted octanol–water partition coefficient (Wildman–Crippen LogP) is 4.26. The van der Waals surface area contributed by atoms with E-state index >= 15 is 0 Å². The van der Waals surface area contributed by atoms with Crippen molar-refractivity contribution in [1.29, 1.82) is 0 Å². The largest absolute Gasteiger partial charge is 0.397 e. The molecular weight excluding hydrogens is 381 g/mol. The Bertz CT molecular complexity index is 757. The first-order valence-electron chi connectivity index (χ1n) is 7.06. The van der Waals surface area contributed by atoms with Gasteiger partial charge in [0.25, 0.3) is 0 Å². The van der Waals surface area contributed by atoms with Crippen molar-refractivity contribution in [2.24, 2.45) is 11.5 Å². The van der Waals surface area contributed by atoms with E-state index in [2.05, 4.69) is 15.0 Å². The second-order valence-corrected chi connectivity index (χ2v) is 5.72. The Hall–Kier alpha value is -2.34. The van der Waals surface area contributed by atoms with Crippen LogP contribution in [0.3, 0.4) is 0 Å². The van der Waals surface area contributed by atoms with E-state index in [0.717, 1.165) is 11.1 Å². The van der Waals surface area contributed by atoms with Crippen LogP contribution in [-0.4, -0.2) is 15.0 Å². The standard InChI is InChI=1S/C14H14N2.C3Cl3N3/c15-13(11-7-3-1-4-8-11)14(16)12-9-5-2-6-10-12;4-1-7-2(5)9-3(6)8-1/h1-10H,15-16H2;. The summed E-state index contributed by atoms with van der Waals surface area (Å²) in [5.74, 6) is 0. The fourth-order valence-corrected chi connectivity index (χ4v) is 2.46. The number of nitrogens with zero attached hydrogens (tertiary/aromatic N) is 3. The summed E-state index contributed by atoms with van der Waals surface area (Å²) in [4.78, 5) is 10.4. The molecule has 0 bridgehead atoms. The van der Waals surface area contributed by atoms with Gasteiger partial charge in [-0.3, -0.25) is 0 Å². The van der Waals surface area contributed by atoms with Gasteiger partial charge in [0.05, 0.1) is 11.4 Å². The van der Waals surface area contributed by atoms with Crippen LogP contribution in [-0.2, 0) is 0 Å². The van der Waals surface area contributed by atoms with Gasteiger partial charge in [0, 0.05) is 0 Å². The Balaban J connectivity index is 0.000000212. The van der Waals surface area contributed by atoms with E-state index in [9.17, 15) is 0 Å². The Morgan fingerprint density at radius 2 is 0.840 bits per heavy atom. The molecule has 0 unspecified atom stereocenters. The van der Waals surface area contributed by atoms with Gasteiger partial charge in [-0.25, -0.2) is 0 Å². The number of hydrogen-bond acceptors (Lipinski definition) is 5. The van der Waals surface area contributed by atoms with E-state index in [1.165, 1.54) is 0 Å². The van der Waals surface area contributed by atoms with Crippen molar-refractivity contribution in [2.75, 3.05) is 0 Å². The van der Waals surface area contributed by atoms with Crippen LogP contribution in [0.15, 0.2) is 60.7 Å². The summed E-state index contributed by atoms with van der Waals surface area (Å²) in [5, 5.41) is 0.00000000000000178. The molecule has 0 spiro atoms. The molecule has 2 aromatic carbocycles. The van der Waals surface area contributed by atoms with Crippen LogP contribution in [0.4, 0.5) is 0 Å². The summed E-state index contributed by atoms with van der Waals surface area (Å²) in [5.41, 5.74) is 15.2. The first-order chi connectivity index (χ1) is 12.0. The molecular formula is C17H14Cl3N5. The monoisotopic (exact) mass is 393 g/mol. The zero-order valence-electron chi connectivity index (χ0n) is 12.9. The van der Waals surface area contributed by atoms with Gasteiger partial charge in [0.1, 0.15) is 0 Å². The molecule has 0 amide bonds. The average Bonchev–Trinajstić information content (AvgIpc) is 2.61. The van der Waals surface area contributed by atoms with Gasteiger partial charge in [-0.2, -0.15) is 15.0 Å². The van der Waals surface area contributed by atoms with Crippen molar-refractivity contribution < 1.29 is 0 Å². The van der Waals surface area contributed by atoms with E-state index in [1.54, 1.807) is 0 Å². The summed E-state index contributed by atoms with van der Waals surface area (Å²) in [6.45, 7) is 0. The van der Waals surface area contributed by atoms with Crippen molar-refractivity contribution in [3.63, 3.8) is 0 Å². The molecule has 128 valence electrons. The zero-order chi connectivity index (χ0) is 18.2. The quantitative estimate of drug-likeness (QED) is 0.634. The summed E-state index contributed by atoms with van der Waals surface area (Å²) in [6, 6.07) is 19.5. The van der Waals surface area contributed by atoms with Crippen molar-refractivity contribution in [1.82, 2.24) is 15.0 Å². The fourth-order valence-electron chi connectivity index (χ4n) is 1.85. The molecule has 1 heterocycles. The van der Waals surface area contributed by atoms with Crippen molar-refractivity contribution in [2.45, 2.75) is 0 Å². The van der Waals surface area contributed by atoms with Crippen molar-refractivity contribution in [3.05, 3.63) is 87.6 Å². The topological polar surface area (TPSA) is 90.7 Å². The van der Waals surface area contributed by atoms with E-state index in [0.29, 0.717) is 11.4 Å². The minimum Gasteiger partial charge on any atom is -0.397 e. The fraction of sp³-hybridized carbons (Fsp3) is 0. The number of nitrogens with two attached hydrogens (primary N) is 2. The summed E-state index contributed by atoms with van der Waals surface area (Å²) in [6.07, 6.45) is 0. The van der Waals surface area contributed by atoms with Gasteiger partial charge in [-0.15, -0.1) is 0 Å². The minimum atomic E-state index is 0.000000000000000444. The summed E-state index contributed by atoms with van der Waals surface area (Å²) < 4.78 is 0. The van der Waals surface area contributed by atoms with Crippen molar-refractivity contribution >= 4 is 46.2 Å². The molecule has 0 saturated carbocycles. The Labute approximate surface area is 160 Å². The second kappa shape index (κ2) is 9.22. The maximum atomic E-state index is 6.03. The Kier molecular flexibility index (Phi) is 7.01. The van der Waals surface area contributed by atoms with Gasteiger partial charge in [0.15, 0.2) is 0 Å². The SMILES string of the molecule is Clc1nc(Cl)nc(Cl)n1.NC(=C(N)c1ccccc1)c1ccccc1. The molecule has 0 radical (unpaired) electrons. The van der Waals surface area contributed by atoms with E-state index in [4.69, 9.17) is 46.3 Å². The van der Waals surface area contributed by atoms with Gasteiger partial charge in [-0.1, -0.05) is 60.7 Å². The number of halogens is 3. The molecule has 5 nitrogen and oxygen atoms in total. The minimum absolute atomic E-state index is 0.000000000000000444. The van der Waals surface area contributed by atoms with Crippen LogP contribution in [0.25, 0.3) is 11.4 Å². The smallest absolute Gasteiger partial charge is 0.227 e. The third kappa shape index (κ3) is 5.90. The number of hydrogen-bond donors (Lipinski definition) is 2. The third-order valence-electron chi connectivity index (χ3n) is 3.01. The molecule has 0 fully saturated rings. The molecule has 8 heteroatoms. The van der Waals surface area contributed by atoms with Crippen LogP contribution in [0.5, 0.6) is 0 Å². The predicted molar refractivity (Wildman–Crippen MR) is 103 cm³/mol. The van der Waals surface area contributed by atoms with E-state index in [1.807, 2.05) is 60.7 Å². The molecule has 25 heavy (non-hydrogen) atoms. The summed E-state index contributed by atoms with van der Waals surface area (Å²) in [7, 11) is 0. The van der Waals surface area contributed by atoms with Gasteiger partial charge < -0.3 is 11.5 Å². The maximum Gasteiger partial charge on any atom is 0.227 e. The number of benzene rings is 2. The Morgan fingerprint density at radius 3 is 1.12 bits per heavy atom. The molecule has 3 rings (SSSR count). The highest BCUT2D eigenvalue weighted by atomic mass is 35.5. The van der Waals surface area contributed by atoms with Crippen LogP contribution in [0.1, 0.15) is 11.1 Å². The highest BCUT2D eigenvalue weighted by molar-refractivity contribution is 6.33. The first kappa shape index (κ1) is 19.0. The molecule has 0 aliphatic rings. The zero-order valence-corrected chi connectivity index (χ0v) is 15.2. The van der Waals surface area contributed by atoms with Crippen LogP contribution in [0, 0.1) is 0 Å². The van der Waals surface area contributed by atoms with Gasteiger partial charge in [-0.05, 0) is 45.9 Å².